The van der Waals surface area contributed by atoms with Gasteiger partial charge in [0.25, 0.3) is 11.7 Å². The van der Waals surface area contributed by atoms with Crippen molar-refractivity contribution in [2.24, 2.45) is 0 Å². The van der Waals surface area contributed by atoms with Gasteiger partial charge in [-0.05, 0) is 54.8 Å². The molecule has 154 valence electrons. The molecule has 3 aromatic rings. The molecule has 0 spiro atoms. The van der Waals surface area contributed by atoms with E-state index in [0.717, 1.165) is 4.88 Å². The molecule has 1 aromatic heterocycles. The lowest BCUT2D eigenvalue weighted by atomic mass is 9.99. The van der Waals surface area contributed by atoms with Gasteiger partial charge in [0.15, 0.2) is 0 Å². The van der Waals surface area contributed by atoms with Crippen molar-refractivity contribution < 1.29 is 19.4 Å². The molecule has 1 unspecified atom stereocenters. The summed E-state index contributed by atoms with van der Waals surface area (Å²) in [4.78, 5) is 28.2. The third kappa shape index (κ3) is 3.69. The Morgan fingerprint density at radius 3 is 2.58 bits per heavy atom. The monoisotopic (exact) mass is 430 g/mol. The Balaban J connectivity index is 1.87. The number of anilines is 1. The minimum Gasteiger partial charge on any atom is -0.507 e. The highest BCUT2D eigenvalue weighted by Crippen LogP contribution is 2.43. The number of aliphatic hydroxyl groups is 1. The fourth-order valence-electron chi connectivity index (χ4n) is 3.57. The largest absolute Gasteiger partial charge is 0.507 e. The maximum Gasteiger partial charge on any atom is 0.300 e. The van der Waals surface area contributed by atoms with E-state index in [9.17, 15) is 14.7 Å². The average Bonchev–Trinajstić information content (AvgIpc) is 3.41. The number of nitrogens with zero attached hydrogens (tertiary/aromatic N) is 2. The lowest BCUT2D eigenvalue weighted by Gasteiger charge is -2.24. The van der Waals surface area contributed by atoms with Gasteiger partial charge in [0.05, 0.1) is 23.8 Å². The number of hydrogen-bond acceptors (Lipinski definition) is 6. The van der Waals surface area contributed by atoms with Crippen molar-refractivity contribution in [3.63, 3.8) is 0 Å². The topological polar surface area (TPSA) is 90.6 Å². The third-order valence-electron chi connectivity index (χ3n) is 4.95. The van der Waals surface area contributed by atoms with Crippen LogP contribution in [0.15, 0.2) is 71.6 Å². The molecule has 1 fully saturated rings. The molecule has 1 saturated heterocycles. The molecule has 1 amide bonds. The zero-order valence-corrected chi connectivity index (χ0v) is 17.4. The number of rotatable bonds is 5. The van der Waals surface area contributed by atoms with Crippen molar-refractivity contribution in [1.82, 2.24) is 0 Å². The van der Waals surface area contributed by atoms with Gasteiger partial charge in [-0.3, -0.25) is 14.5 Å². The van der Waals surface area contributed by atoms with Crippen molar-refractivity contribution in [2.75, 3.05) is 11.5 Å². The van der Waals surface area contributed by atoms with Gasteiger partial charge in [-0.25, -0.2) is 0 Å². The van der Waals surface area contributed by atoms with Crippen LogP contribution in [-0.4, -0.2) is 23.4 Å². The minimum absolute atomic E-state index is 0.0189. The van der Waals surface area contributed by atoms with E-state index < -0.39 is 17.7 Å². The highest BCUT2D eigenvalue weighted by Gasteiger charge is 2.47. The van der Waals surface area contributed by atoms with Crippen LogP contribution in [0.2, 0.25) is 0 Å². The van der Waals surface area contributed by atoms with Crippen LogP contribution < -0.4 is 9.64 Å². The molecular formula is C24H18N2O4S. The Kier molecular flexibility index (Phi) is 5.56. The Morgan fingerprint density at radius 1 is 1.16 bits per heavy atom. The smallest absolute Gasteiger partial charge is 0.300 e. The second-order valence-corrected chi connectivity index (χ2v) is 7.78. The summed E-state index contributed by atoms with van der Waals surface area (Å²) in [5.41, 5.74) is 1.33. The number of thiophene rings is 1. The standard InChI is InChI=1S/C24H18N2O4S/c1-2-30-18-6-3-5-16(13-18)22(27)20-21(19-7-4-12-31-19)26(24(29)23(20)28)17-10-8-15(14-25)9-11-17/h3-13,21,27H,2H2,1H3/b22-20-. The maximum atomic E-state index is 13.1. The van der Waals surface area contributed by atoms with Gasteiger partial charge in [0.1, 0.15) is 17.6 Å². The first-order valence-corrected chi connectivity index (χ1v) is 10.5. The lowest BCUT2D eigenvalue weighted by Crippen LogP contribution is -2.29. The maximum absolute atomic E-state index is 13.1. The van der Waals surface area contributed by atoms with E-state index in [-0.39, 0.29) is 11.3 Å². The molecule has 0 aliphatic carbocycles. The molecule has 1 aliphatic rings. The van der Waals surface area contributed by atoms with Crippen molar-refractivity contribution >= 4 is 34.5 Å². The first kappa shape index (κ1) is 20.4. The Labute approximate surface area is 183 Å². The highest BCUT2D eigenvalue weighted by molar-refractivity contribution is 7.10. The van der Waals surface area contributed by atoms with Crippen molar-refractivity contribution in [3.05, 3.63) is 87.6 Å². The number of Topliss-reactive ketones (excluding diaryl/α,β-unsaturated/α-hetero) is 1. The summed E-state index contributed by atoms with van der Waals surface area (Å²) in [6.45, 7) is 2.31. The van der Waals surface area contributed by atoms with Crippen LogP contribution in [0, 0.1) is 11.3 Å². The van der Waals surface area contributed by atoms with Crippen molar-refractivity contribution in [3.8, 4) is 11.8 Å². The zero-order chi connectivity index (χ0) is 22.0. The molecule has 1 aliphatic heterocycles. The summed E-state index contributed by atoms with van der Waals surface area (Å²) >= 11 is 1.39. The fourth-order valence-corrected chi connectivity index (χ4v) is 4.39. The summed E-state index contributed by atoms with van der Waals surface area (Å²) in [7, 11) is 0. The molecule has 1 atom stereocenters. The molecule has 31 heavy (non-hydrogen) atoms. The van der Waals surface area contributed by atoms with Crippen LogP contribution >= 0.6 is 11.3 Å². The number of amides is 1. The van der Waals surface area contributed by atoms with Gasteiger partial charge in [0.2, 0.25) is 0 Å². The lowest BCUT2D eigenvalue weighted by molar-refractivity contribution is -0.132. The number of carbonyl (C=O) groups excluding carboxylic acids is 2. The highest BCUT2D eigenvalue weighted by atomic mass is 32.1. The summed E-state index contributed by atoms with van der Waals surface area (Å²) in [5.74, 6) is -1.19. The number of ether oxygens (including phenoxy) is 1. The number of hydrogen-bond donors (Lipinski definition) is 1. The molecule has 2 heterocycles. The first-order chi connectivity index (χ1) is 15.0. The SMILES string of the molecule is CCOc1cccc(/C(O)=C2/C(=O)C(=O)N(c3ccc(C#N)cc3)C2c2cccs2)c1. The molecule has 0 saturated carbocycles. The van der Waals surface area contributed by atoms with Gasteiger partial charge in [-0.15, -0.1) is 11.3 Å². The normalized spacial score (nSPS) is 17.5. The third-order valence-corrected chi connectivity index (χ3v) is 5.87. The van der Waals surface area contributed by atoms with Crippen LogP contribution in [0.4, 0.5) is 5.69 Å². The number of carbonyl (C=O) groups is 2. The number of ketones is 1. The molecule has 1 N–H and O–H groups in total. The Hall–Kier alpha value is -3.89. The zero-order valence-electron chi connectivity index (χ0n) is 16.6. The predicted octanol–water partition coefficient (Wildman–Crippen LogP) is 4.64. The van der Waals surface area contributed by atoms with Gasteiger partial charge in [-0.1, -0.05) is 18.2 Å². The first-order valence-electron chi connectivity index (χ1n) is 9.63. The van der Waals surface area contributed by atoms with Crippen molar-refractivity contribution in [1.29, 1.82) is 5.26 Å². The Bertz CT molecular complexity index is 1210. The fraction of sp³-hybridized carbons (Fsp3) is 0.125. The van der Waals surface area contributed by atoms with E-state index in [1.165, 1.54) is 16.2 Å². The van der Waals surface area contributed by atoms with Crippen LogP contribution in [-0.2, 0) is 9.59 Å². The summed E-state index contributed by atoms with van der Waals surface area (Å²) < 4.78 is 5.50. The van der Waals surface area contributed by atoms with Crippen LogP contribution in [0.5, 0.6) is 5.75 Å². The molecule has 0 bridgehead atoms. The molecule has 0 radical (unpaired) electrons. The van der Waals surface area contributed by atoms with Crippen LogP contribution in [0.3, 0.4) is 0 Å². The van der Waals surface area contributed by atoms with E-state index in [1.54, 1.807) is 48.5 Å². The predicted molar refractivity (Wildman–Crippen MR) is 118 cm³/mol. The van der Waals surface area contributed by atoms with Gasteiger partial charge < -0.3 is 9.84 Å². The van der Waals surface area contributed by atoms with Gasteiger partial charge in [0, 0.05) is 16.1 Å². The van der Waals surface area contributed by atoms with Gasteiger partial charge in [-0.2, -0.15) is 5.26 Å². The minimum atomic E-state index is -0.774. The second kappa shape index (κ2) is 8.46. The number of benzene rings is 2. The molecular weight excluding hydrogens is 412 g/mol. The van der Waals surface area contributed by atoms with Crippen LogP contribution in [0.1, 0.15) is 29.0 Å². The summed E-state index contributed by atoms with van der Waals surface area (Å²) in [6.07, 6.45) is 0. The summed E-state index contributed by atoms with van der Waals surface area (Å²) in [5, 5.41) is 22.0. The van der Waals surface area contributed by atoms with Crippen LogP contribution in [0.25, 0.3) is 5.76 Å². The Morgan fingerprint density at radius 2 is 1.94 bits per heavy atom. The van der Waals surface area contributed by atoms with Gasteiger partial charge >= 0.3 is 0 Å². The van der Waals surface area contributed by atoms with E-state index >= 15 is 0 Å². The van der Waals surface area contributed by atoms with Crippen molar-refractivity contribution in [2.45, 2.75) is 13.0 Å². The second-order valence-electron chi connectivity index (χ2n) is 6.80. The number of aliphatic hydroxyl groups excluding tert-OH is 1. The molecule has 6 nitrogen and oxygen atoms in total. The molecule has 4 rings (SSSR count). The quantitative estimate of drug-likeness (QED) is 0.362. The molecule has 2 aromatic carbocycles. The van der Waals surface area contributed by atoms with E-state index in [0.29, 0.717) is 29.2 Å². The molecule has 7 heteroatoms. The van der Waals surface area contributed by atoms with E-state index in [1.807, 2.05) is 30.5 Å². The number of nitriles is 1. The summed E-state index contributed by atoms with van der Waals surface area (Å²) in [6, 6.07) is 18.1. The average molecular weight is 430 g/mol. The van der Waals surface area contributed by atoms with E-state index in [4.69, 9.17) is 10.00 Å². The van der Waals surface area contributed by atoms with E-state index in [2.05, 4.69) is 0 Å².